The van der Waals surface area contributed by atoms with E-state index in [4.69, 9.17) is 5.11 Å². The maximum atomic E-state index is 10.7. The van der Waals surface area contributed by atoms with E-state index in [-0.39, 0.29) is 6.42 Å². The minimum atomic E-state index is -1.000. The first-order valence-electron chi connectivity index (χ1n) is 6.47. The SMILES string of the molecule is CC(CC(O)CC(=O)O)(c1ccccc1)c1cn[nH]c1. The smallest absolute Gasteiger partial charge is 0.305 e. The zero-order valence-corrected chi connectivity index (χ0v) is 11.3. The molecule has 1 aromatic heterocycles. The first kappa shape index (κ1) is 14.3. The molecule has 2 rings (SSSR count). The maximum Gasteiger partial charge on any atom is 0.305 e. The number of aliphatic hydroxyl groups is 1. The predicted octanol–water partition coefficient (Wildman–Crippen LogP) is 1.94. The van der Waals surface area contributed by atoms with Gasteiger partial charge in [-0.3, -0.25) is 9.89 Å². The fraction of sp³-hybridized carbons (Fsp3) is 0.333. The summed E-state index contributed by atoms with van der Waals surface area (Å²) in [7, 11) is 0. The molecule has 20 heavy (non-hydrogen) atoms. The van der Waals surface area contributed by atoms with Gasteiger partial charge in [-0.15, -0.1) is 0 Å². The molecule has 0 radical (unpaired) electrons. The highest BCUT2D eigenvalue weighted by atomic mass is 16.4. The van der Waals surface area contributed by atoms with Crippen LogP contribution in [0.2, 0.25) is 0 Å². The van der Waals surface area contributed by atoms with E-state index in [1.165, 1.54) is 0 Å². The number of nitrogens with one attached hydrogen (secondary N) is 1. The standard InChI is InChI=1S/C15H18N2O3/c1-15(12-9-16-17-10-12,8-13(18)7-14(19)20)11-5-3-2-4-6-11/h2-6,9-10,13,18H,7-8H2,1H3,(H,16,17)(H,19,20). The summed E-state index contributed by atoms with van der Waals surface area (Å²) < 4.78 is 0. The summed E-state index contributed by atoms with van der Waals surface area (Å²) in [6.07, 6.45) is 2.64. The van der Waals surface area contributed by atoms with Crippen molar-refractivity contribution < 1.29 is 15.0 Å². The van der Waals surface area contributed by atoms with Crippen molar-refractivity contribution in [1.29, 1.82) is 0 Å². The number of benzene rings is 1. The van der Waals surface area contributed by atoms with Crippen LogP contribution in [0.25, 0.3) is 0 Å². The second kappa shape index (κ2) is 5.88. The van der Waals surface area contributed by atoms with E-state index in [1.807, 2.05) is 37.3 Å². The molecule has 2 atom stereocenters. The lowest BCUT2D eigenvalue weighted by Crippen LogP contribution is -2.30. The van der Waals surface area contributed by atoms with Crippen molar-refractivity contribution in [2.75, 3.05) is 0 Å². The minimum Gasteiger partial charge on any atom is -0.481 e. The number of carboxylic acids is 1. The number of hydrogen-bond acceptors (Lipinski definition) is 3. The lowest BCUT2D eigenvalue weighted by Gasteiger charge is -2.31. The summed E-state index contributed by atoms with van der Waals surface area (Å²) in [6, 6.07) is 9.72. The molecule has 0 aliphatic rings. The van der Waals surface area contributed by atoms with Crippen LogP contribution in [0, 0.1) is 0 Å². The van der Waals surface area contributed by atoms with Crippen molar-refractivity contribution in [2.45, 2.75) is 31.3 Å². The van der Waals surface area contributed by atoms with Gasteiger partial charge in [0.15, 0.2) is 0 Å². The number of aromatic amines is 1. The molecule has 1 aromatic carbocycles. The van der Waals surface area contributed by atoms with Crippen LogP contribution in [0.15, 0.2) is 42.7 Å². The molecule has 0 amide bonds. The molecule has 0 saturated carbocycles. The molecule has 0 spiro atoms. The average molecular weight is 274 g/mol. The molecule has 0 aliphatic carbocycles. The van der Waals surface area contributed by atoms with Gasteiger partial charge in [-0.2, -0.15) is 5.10 Å². The highest BCUT2D eigenvalue weighted by Crippen LogP contribution is 2.36. The van der Waals surface area contributed by atoms with Gasteiger partial charge < -0.3 is 10.2 Å². The van der Waals surface area contributed by atoms with Crippen LogP contribution in [0.1, 0.15) is 30.9 Å². The molecule has 2 aromatic rings. The zero-order chi connectivity index (χ0) is 14.6. The van der Waals surface area contributed by atoms with Crippen molar-refractivity contribution in [3.8, 4) is 0 Å². The Morgan fingerprint density at radius 1 is 1.35 bits per heavy atom. The van der Waals surface area contributed by atoms with E-state index in [0.29, 0.717) is 6.42 Å². The van der Waals surface area contributed by atoms with E-state index >= 15 is 0 Å². The fourth-order valence-electron chi connectivity index (χ4n) is 2.51. The van der Waals surface area contributed by atoms with Crippen LogP contribution in [-0.2, 0) is 10.2 Å². The Morgan fingerprint density at radius 2 is 2.05 bits per heavy atom. The van der Waals surface area contributed by atoms with Crippen LogP contribution in [0.4, 0.5) is 0 Å². The molecule has 3 N–H and O–H groups in total. The summed E-state index contributed by atoms with van der Waals surface area (Å²) in [4.78, 5) is 10.7. The van der Waals surface area contributed by atoms with Crippen molar-refractivity contribution in [3.63, 3.8) is 0 Å². The Hall–Kier alpha value is -2.14. The lowest BCUT2D eigenvalue weighted by molar-refractivity contribution is -0.139. The molecule has 0 bridgehead atoms. The molecule has 106 valence electrons. The third kappa shape index (κ3) is 3.05. The Balaban J connectivity index is 2.33. The van der Waals surface area contributed by atoms with Gasteiger partial charge in [-0.25, -0.2) is 0 Å². The summed E-state index contributed by atoms with van der Waals surface area (Å²) in [6.45, 7) is 1.98. The van der Waals surface area contributed by atoms with Crippen molar-refractivity contribution >= 4 is 5.97 Å². The Bertz CT molecular complexity index is 554. The van der Waals surface area contributed by atoms with E-state index < -0.39 is 17.5 Å². The number of aromatic nitrogens is 2. The second-order valence-electron chi connectivity index (χ2n) is 5.14. The quantitative estimate of drug-likeness (QED) is 0.751. The lowest BCUT2D eigenvalue weighted by atomic mass is 9.73. The highest BCUT2D eigenvalue weighted by molar-refractivity contribution is 5.67. The van der Waals surface area contributed by atoms with Gasteiger partial charge in [0.1, 0.15) is 0 Å². The van der Waals surface area contributed by atoms with E-state index in [1.54, 1.807) is 12.4 Å². The molecular weight excluding hydrogens is 256 g/mol. The topological polar surface area (TPSA) is 86.2 Å². The van der Waals surface area contributed by atoms with E-state index in [9.17, 15) is 9.90 Å². The number of hydrogen-bond donors (Lipinski definition) is 3. The summed E-state index contributed by atoms with van der Waals surface area (Å²) in [5.74, 6) is -1.000. The van der Waals surface area contributed by atoms with Crippen LogP contribution >= 0.6 is 0 Å². The van der Waals surface area contributed by atoms with Crippen LogP contribution in [0.3, 0.4) is 0 Å². The largest absolute Gasteiger partial charge is 0.481 e. The Labute approximate surface area is 117 Å². The number of carboxylic acid groups (broad SMARTS) is 1. The predicted molar refractivity (Wildman–Crippen MR) is 74.4 cm³/mol. The van der Waals surface area contributed by atoms with Gasteiger partial charge in [-0.1, -0.05) is 37.3 Å². The first-order valence-corrected chi connectivity index (χ1v) is 6.47. The molecule has 0 fully saturated rings. The molecule has 0 saturated heterocycles. The minimum absolute atomic E-state index is 0.264. The number of H-pyrrole nitrogens is 1. The van der Waals surface area contributed by atoms with Crippen molar-refractivity contribution in [2.24, 2.45) is 0 Å². The normalized spacial score (nSPS) is 15.5. The molecule has 5 nitrogen and oxygen atoms in total. The number of carbonyl (C=O) groups is 1. The molecule has 2 unspecified atom stereocenters. The van der Waals surface area contributed by atoms with Crippen LogP contribution in [0.5, 0.6) is 0 Å². The molecule has 5 heteroatoms. The van der Waals surface area contributed by atoms with Gasteiger partial charge in [-0.05, 0) is 12.0 Å². The molecule has 0 aliphatic heterocycles. The third-order valence-electron chi connectivity index (χ3n) is 3.60. The molecular formula is C15H18N2O3. The number of aliphatic hydroxyl groups excluding tert-OH is 1. The fourth-order valence-corrected chi connectivity index (χ4v) is 2.51. The highest BCUT2D eigenvalue weighted by Gasteiger charge is 2.32. The zero-order valence-electron chi connectivity index (χ0n) is 11.3. The maximum absolute atomic E-state index is 10.7. The van der Waals surface area contributed by atoms with Gasteiger partial charge in [0.05, 0.1) is 18.7 Å². The number of rotatable bonds is 6. The van der Waals surface area contributed by atoms with Gasteiger partial charge in [0.2, 0.25) is 0 Å². The summed E-state index contributed by atoms with van der Waals surface area (Å²) >= 11 is 0. The average Bonchev–Trinajstić information content (AvgIpc) is 2.93. The van der Waals surface area contributed by atoms with Gasteiger partial charge in [0, 0.05) is 17.2 Å². The number of aliphatic carboxylic acids is 1. The van der Waals surface area contributed by atoms with Gasteiger partial charge in [0.25, 0.3) is 0 Å². The second-order valence-corrected chi connectivity index (χ2v) is 5.14. The summed E-state index contributed by atoms with van der Waals surface area (Å²) in [5, 5.41) is 25.5. The van der Waals surface area contributed by atoms with Crippen LogP contribution in [-0.4, -0.2) is 32.5 Å². The van der Waals surface area contributed by atoms with Crippen molar-refractivity contribution in [1.82, 2.24) is 10.2 Å². The van der Waals surface area contributed by atoms with Crippen LogP contribution < -0.4 is 0 Å². The Morgan fingerprint density at radius 3 is 2.60 bits per heavy atom. The molecule has 1 heterocycles. The monoisotopic (exact) mass is 274 g/mol. The first-order chi connectivity index (χ1) is 9.52. The third-order valence-corrected chi connectivity index (χ3v) is 3.60. The van der Waals surface area contributed by atoms with Crippen molar-refractivity contribution in [3.05, 3.63) is 53.9 Å². The van der Waals surface area contributed by atoms with E-state index in [2.05, 4.69) is 10.2 Å². The van der Waals surface area contributed by atoms with Gasteiger partial charge >= 0.3 is 5.97 Å². The Kier molecular flexibility index (Phi) is 4.20. The number of nitrogens with zero attached hydrogens (tertiary/aromatic N) is 1. The van der Waals surface area contributed by atoms with E-state index in [0.717, 1.165) is 11.1 Å². The summed E-state index contributed by atoms with van der Waals surface area (Å²) in [5.41, 5.74) is 1.46.